The van der Waals surface area contributed by atoms with Gasteiger partial charge in [0.15, 0.2) is 0 Å². The normalized spacial score (nSPS) is 10.8. The van der Waals surface area contributed by atoms with Crippen molar-refractivity contribution in [3.63, 3.8) is 0 Å². The van der Waals surface area contributed by atoms with Crippen LogP contribution in [-0.2, 0) is 6.54 Å². The van der Waals surface area contributed by atoms with E-state index in [1.807, 2.05) is 11.9 Å². The van der Waals surface area contributed by atoms with Crippen LogP contribution in [0.4, 0.5) is 0 Å². The first kappa shape index (κ1) is 12.3. The Balaban J connectivity index is 3.04. The molecule has 0 fully saturated rings. The fourth-order valence-corrected chi connectivity index (χ4v) is 1.74. The maximum absolute atomic E-state index is 5.77. The van der Waals surface area contributed by atoms with Gasteiger partial charge in [0.2, 0.25) is 0 Å². The fraction of sp³-hybridized carbons (Fsp3) is 0.500. The summed E-state index contributed by atoms with van der Waals surface area (Å²) in [4.78, 5) is 2.04. The van der Waals surface area contributed by atoms with Crippen LogP contribution in [-0.4, -0.2) is 25.1 Å². The van der Waals surface area contributed by atoms with E-state index in [0.29, 0.717) is 6.00 Å². The summed E-state index contributed by atoms with van der Waals surface area (Å²) in [5, 5.41) is 0. The number of halogens is 1. The number of aryl methyl sites for hydroxylation is 2. The predicted molar refractivity (Wildman–Crippen MR) is 64.7 cm³/mol. The Labute approximate surface area is 96.8 Å². The van der Waals surface area contributed by atoms with E-state index in [0.717, 1.165) is 12.3 Å². The van der Waals surface area contributed by atoms with Gasteiger partial charge in [-0.1, -0.05) is 6.07 Å². The Bertz CT molecular complexity index is 339. The highest BCUT2D eigenvalue weighted by molar-refractivity contribution is 6.17. The van der Waals surface area contributed by atoms with Crippen molar-refractivity contribution in [1.82, 2.24) is 4.90 Å². The summed E-state index contributed by atoms with van der Waals surface area (Å²) in [6, 6.07) is 4.75. The summed E-state index contributed by atoms with van der Waals surface area (Å²) in [6.45, 7) is 5.00. The van der Waals surface area contributed by atoms with Gasteiger partial charge in [0.25, 0.3) is 0 Å². The summed E-state index contributed by atoms with van der Waals surface area (Å²) in [7, 11) is 3.70. The van der Waals surface area contributed by atoms with Gasteiger partial charge in [-0.15, -0.1) is 11.6 Å². The molecule has 0 radical (unpaired) electrons. The Hall–Kier alpha value is -0.730. The number of alkyl halides is 1. The fourth-order valence-electron chi connectivity index (χ4n) is 1.66. The topological polar surface area (TPSA) is 12.5 Å². The lowest BCUT2D eigenvalue weighted by Crippen LogP contribution is -2.16. The SMILES string of the molecule is COc1cc(C)cc(C)c1CN(C)CCl. The molecule has 1 aromatic carbocycles. The highest BCUT2D eigenvalue weighted by Crippen LogP contribution is 2.25. The first-order valence-electron chi connectivity index (χ1n) is 4.97. The largest absolute Gasteiger partial charge is 0.496 e. The second-order valence-corrected chi connectivity index (χ2v) is 4.14. The van der Waals surface area contributed by atoms with Gasteiger partial charge in [-0.05, 0) is 38.1 Å². The smallest absolute Gasteiger partial charge is 0.123 e. The molecule has 0 saturated carbocycles. The van der Waals surface area contributed by atoms with Gasteiger partial charge in [-0.25, -0.2) is 0 Å². The number of methoxy groups -OCH3 is 1. The summed E-state index contributed by atoms with van der Waals surface area (Å²) in [6.07, 6.45) is 0. The van der Waals surface area contributed by atoms with Gasteiger partial charge in [0.05, 0.1) is 13.1 Å². The van der Waals surface area contributed by atoms with E-state index >= 15 is 0 Å². The van der Waals surface area contributed by atoms with E-state index < -0.39 is 0 Å². The molecule has 0 saturated heterocycles. The van der Waals surface area contributed by atoms with E-state index in [4.69, 9.17) is 16.3 Å². The minimum Gasteiger partial charge on any atom is -0.496 e. The second kappa shape index (κ2) is 5.38. The van der Waals surface area contributed by atoms with Crippen LogP contribution in [0.2, 0.25) is 0 Å². The third-order valence-corrected chi connectivity index (χ3v) is 2.84. The molecule has 0 bridgehead atoms. The van der Waals surface area contributed by atoms with E-state index in [2.05, 4.69) is 26.0 Å². The molecule has 0 heterocycles. The molecule has 0 spiro atoms. The monoisotopic (exact) mass is 227 g/mol. The Kier molecular flexibility index (Phi) is 4.43. The standard InChI is InChI=1S/C12H18ClNO/c1-9-5-10(2)11(7-14(3)8-13)12(6-9)15-4/h5-6H,7-8H2,1-4H3. The second-order valence-electron chi connectivity index (χ2n) is 3.90. The lowest BCUT2D eigenvalue weighted by Gasteiger charge is -2.18. The summed E-state index contributed by atoms with van der Waals surface area (Å²) >= 11 is 5.77. The highest BCUT2D eigenvalue weighted by Gasteiger charge is 2.09. The van der Waals surface area contributed by atoms with E-state index in [-0.39, 0.29) is 0 Å². The molecule has 0 atom stereocenters. The molecule has 0 aromatic heterocycles. The van der Waals surface area contributed by atoms with Crippen molar-refractivity contribution in [1.29, 1.82) is 0 Å². The van der Waals surface area contributed by atoms with Crippen molar-refractivity contribution < 1.29 is 4.74 Å². The zero-order chi connectivity index (χ0) is 11.4. The molecule has 0 unspecified atom stereocenters. The number of nitrogens with zero attached hydrogens (tertiary/aromatic N) is 1. The number of hydrogen-bond acceptors (Lipinski definition) is 2. The average molecular weight is 228 g/mol. The van der Waals surface area contributed by atoms with Crippen molar-refractivity contribution >= 4 is 11.6 Å². The molecule has 0 N–H and O–H groups in total. The molecular weight excluding hydrogens is 210 g/mol. The first-order valence-corrected chi connectivity index (χ1v) is 5.50. The molecule has 1 aromatic rings. The first-order chi connectivity index (χ1) is 7.08. The molecular formula is C12H18ClNO. The zero-order valence-electron chi connectivity index (χ0n) is 9.80. The van der Waals surface area contributed by atoms with Crippen molar-refractivity contribution in [2.24, 2.45) is 0 Å². The third-order valence-electron chi connectivity index (χ3n) is 2.43. The Morgan fingerprint density at radius 1 is 1.33 bits per heavy atom. The van der Waals surface area contributed by atoms with Crippen LogP contribution in [0.5, 0.6) is 5.75 Å². The van der Waals surface area contributed by atoms with Crippen LogP contribution in [0.25, 0.3) is 0 Å². The zero-order valence-corrected chi connectivity index (χ0v) is 10.6. The van der Waals surface area contributed by atoms with Crippen LogP contribution in [0.3, 0.4) is 0 Å². The summed E-state index contributed by atoms with van der Waals surface area (Å²) < 4.78 is 5.38. The van der Waals surface area contributed by atoms with Crippen LogP contribution >= 0.6 is 11.6 Å². The summed E-state index contributed by atoms with van der Waals surface area (Å²) in [5.74, 6) is 0.949. The number of ether oxygens (including phenoxy) is 1. The molecule has 0 aliphatic rings. The maximum Gasteiger partial charge on any atom is 0.123 e. The molecule has 1 rings (SSSR count). The van der Waals surface area contributed by atoms with Crippen molar-refractivity contribution in [3.8, 4) is 5.75 Å². The van der Waals surface area contributed by atoms with Gasteiger partial charge < -0.3 is 4.74 Å². The van der Waals surface area contributed by atoms with E-state index in [1.54, 1.807) is 7.11 Å². The predicted octanol–water partition coefficient (Wildman–Crippen LogP) is 2.94. The lowest BCUT2D eigenvalue weighted by molar-refractivity contribution is 0.359. The summed E-state index contributed by atoms with van der Waals surface area (Å²) in [5.41, 5.74) is 3.69. The van der Waals surface area contributed by atoms with Gasteiger partial charge >= 0.3 is 0 Å². The molecule has 0 aliphatic heterocycles. The van der Waals surface area contributed by atoms with Crippen LogP contribution < -0.4 is 4.74 Å². The van der Waals surface area contributed by atoms with Gasteiger partial charge in [0, 0.05) is 12.1 Å². The van der Waals surface area contributed by atoms with Gasteiger partial charge in [-0.3, -0.25) is 4.90 Å². The van der Waals surface area contributed by atoms with Gasteiger partial charge in [-0.2, -0.15) is 0 Å². The molecule has 15 heavy (non-hydrogen) atoms. The van der Waals surface area contributed by atoms with Crippen molar-refractivity contribution in [3.05, 3.63) is 28.8 Å². The lowest BCUT2D eigenvalue weighted by atomic mass is 10.0. The average Bonchev–Trinajstić information content (AvgIpc) is 2.21. The molecule has 3 heteroatoms. The minimum absolute atomic E-state index is 0.524. The molecule has 0 amide bonds. The highest BCUT2D eigenvalue weighted by atomic mass is 35.5. The van der Waals surface area contributed by atoms with Crippen molar-refractivity contribution in [2.75, 3.05) is 20.2 Å². The quantitative estimate of drug-likeness (QED) is 0.579. The number of hydrogen-bond donors (Lipinski definition) is 0. The van der Waals surface area contributed by atoms with Crippen LogP contribution in [0.15, 0.2) is 12.1 Å². The Morgan fingerprint density at radius 2 is 2.00 bits per heavy atom. The van der Waals surface area contributed by atoms with E-state index in [9.17, 15) is 0 Å². The Morgan fingerprint density at radius 3 is 2.53 bits per heavy atom. The van der Waals surface area contributed by atoms with Crippen molar-refractivity contribution in [2.45, 2.75) is 20.4 Å². The molecule has 0 aliphatic carbocycles. The third kappa shape index (κ3) is 3.11. The maximum atomic E-state index is 5.77. The van der Waals surface area contributed by atoms with Crippen LogP contribution in [0, 0.1) is 13.8 Å². The van der Waals surface area contributed by atoms with E-state index in [1.165, 1.54) is 16.7 Å². The molecule has 84 valence electrons. The molecule has 2 nitrogen and oxygen atoms in total. The number of benzene rings is 1. The van der Waals surface area contributed by atoms with Gasteiger partial charge in [0.1, 0.15) is 5.75 Å². The number of rotatable bonds is 4. The minimum atomic E-state index is 0.524. The van der Waals surface area contributed by atoms with Crippen LogP contribution in [0.1, 0.15) is 16.7 Å².